The molecule has 11 heavy (non-hydrogen) atoms. The van der Waals surface area contributed by atoms with Crippen molar-refractivity contribution in [1.82, 2.24) is 0 Å². The number of rotatable bonds is 1. The minimum Gasteiger partial charge on any atom is -0.399 e. The highest BCUT2D eigenvalue weighted by Crippen LogP contribution is 2.36. The van der Waals surface area contributed by atoms with Crippen molar-refractivity contribution in [3.05, 3.63) is 12.2 Å². The van der Waals surface area contributed by atoms with Crippen molar-refractivity contribution in [2.24, 2.45) is 22.7 Å². The smallest absolute Gasteiger partial charge is 0.106 e. The average Bonchev–Trinajstić information content (AvgIpc) is 2.54. The van der Waals surface area contributed by atoms with Crippen molar-refractivity contribution in [3.8, 4) is 0 Å². The van der Waals surface area contributed by atoms with Crippen LogP contribution in [0.4, 0.5) is 0 Å². The van der Waals surface area contributed by atoms with E-state index < -0.39 is 0 Å². The van der Waals surface area contributed by atoms with Crippen LogP contribution in [-0.2, 0) is 4.84 Å². The van der Waals surface area contributed by atoms with Crippen molar-refractivity contribution in [2.75, 3.05) is 7.11 Å². The number of hydrogen-bond donors (Lipinski definition) is 1. The van der Waals surface area contributed by atoms with E-state index in [9.17, 15) is 0 Å². The van der Waals surface area contributed by atoms with E-state index in [-0.39, 0.29) is 6.04 Å². The number of nitrogens with zero attached hydrogens (tertiary/aromatic N) is 1. The minimum absolute atomic E-state index is 0.102. The van der Waals surface area contributed by atoms with Gasteiger partial charge in [0.25, 0.3) is 0 Å². The number of oxime groups is 1. The summed E-state index contributed by atoms with van der Waals surface area (Å²) in [5, 5.41) is 3.93. The highest BCUT2D eigenvalue weighted by Gasteiger charge is 2.39. The molecule has 3 atom stereocenters. The monoisotopic (exact) mass is 152 g/mol. The summed E-state index contributed by atoms with van der Waals surface area (Å²) < 4.78 is 0. The van der Waals surface area contributed by atoms with Crippen molar-refractivity contribution >= 4 is 5.71 Å². The van der Waals surface area contributed by atoms with E-state index >= 15 is 0 Å². The zero-order chi connectivity index (χ0) is 7.84. The first-order chi connectivity index (χ1) is 5.33. The maximum Gasteiger partial charge on any atom is 0.106 e. The molecule has 0 aromatic heterocycles. The first-order valence-corrected chi connectivity index (χ1v) is 3.87. The molecule has 1 fully saturated rings. The van der Waals surface area contributed by atoms with E-state index in [0.29, 0.717) is 11.8 Å². The number of hydrogen-bond acceptors (Lipinski definition) is 3. The Balaban J connectivity index is 2.25. The van der Waals surface area contributed by atoms with E-state index in [0.717, 1.165) is 12.1 Å². The van der Waals surface area contributed by atoms with Gasteiger partial charge in [-0.25, -0.2) is 0 Å². The average molecular weight is 152 g/mol. The van der Waals surface area contributed by atoms with E-state index in [2.05, 4.69) is 17.3 Å². The summed E-state index contributed by atoms with van der Waals surface area (Å²) in [5.41, 5.74) is 6.90. The summed E-state index contributed by atoms with van der Waals surface area (Å²) in [4.78, 5) is 4.72. The lowest BCUT2D eigenvalue weighted by Gasteiger charge is -2.13. The quantitative estimate of drug-likeness (QED) is 0.440. The zero-order valence-electron chi connectivity index (χ0n) is 6.53. The largest absolute Gasteiger partial charge is 0.399 e. The Morgan fingerprint density at radius 1 is 1.64 bits per heavy atom. The van der Waals surface area contributed by atoms with E-state index in [1.54, 1.807) is 7.11 Å². The third kappa shape index (κ3) is 0.878. The maximum absolute atomic E-state index is 5.89. The van der Waals surface area contributed by atoms with Crippen LogP contribution in [0.5, 0.6) is 0 Å². The highest BCUT2D eigenvalue weighted by atomic mass is 16.6. The summed E-state index contributed by atoms with van der Waals surface area (Å²) in [6, 6.07) is 0.102. The van der Waals surface area contributed by atoms with Gasteiger partial charge in [-0.05, 0) is 12.3 Å². The van der Waals surface area contributed by atoms with Gasteiger partial charge in [-0.3, -0.25) is 0 Å². The molecule has 0 aromatic carbocycles. The van der Waals surface area contributed by atoms with Crippen LogP contribution in [0.1, 0.15) is 6.42 Å². The van der Waals surface area contributed by atoms with Gasteiger partial charge in [0, 0.05) is 5.92 Å². The molecule has 2 aliphatic carbocycles. The fraction of sp³-hybridized carbons (Fsp3) is 0.625. The lowest BCUT2D eigenvalue weighted by molar-refractivity contribution is 0.211. The van der Waals surface area contributed by atoms with Gasteiger partial charge in [-0.1, -0.05) is 17.3 Å². The van der Waals surface area contributed by atoms with Gasteiger partial charge >= 0.3 is 0 Å². The lowest BCUT2D eigenvalue weighted by Crippen LogP contribution is -2.34. The molecule has 3 heteroatoms. The molecule has 0 radical (unpaired) electrons. The van der Waals surface area contributed by atoms with Crippen LogP contribution in [-0.4, -0.2) is 18.9 Å². The second-order valence-corrected chi connectivity index (χ2v) is 3.12. The molecule has 0 spiro atoms. The summed E-state index contributed by atoms with van der Waals surface area (Å²) in [6.07, 6.45) is 5.49. The standard InChI is InChI=1S/C8H12N2O/c1-11-10-8-6-3-2-5(4-6)7(8)9/h2-3,5-7H,4,9H2,1H3. The molecule has 3 unspecified atom stereocenters. The fourth-order valence-electron chi connectivity index (χ4n) is 1.91. The van der Waals surface area contributed by atoms with Crippen LogP contribution in [0, 0.1) is 11.8 Å². The maximum atomic E-state index is 5.89. The third-order valence-corrected chi connectivity index (χ3v) is 2.50. The number of nitrogens with two attached hydrogens (primary N) is 1. The Bertz CT molecular complexity index is 222. The van der Waals surface area contributed by atoms with Crippen molar-refractivity contribution in [3.63, 3.8) is 0 Å². The molecule has 2 rings (SSSR count). The molecule has 0 aromatic rings. The predicted octanol–water partition coefficient (Wildman–Crippen LogP) is 0.522. The first kappa shape index (κ1) is 6.85. The van der Waals surface area contributed by atoms with E-state index in [4.69, 9.17) is 10.6 Å². The molecule has 60 valence electrons. The minimum atomic E-state index is 0.102. The van der Waals surface area contributed by atoms with Gasteiger partial charge in [0.1, 0.15) is 7.11 Å². The zero-order valence-corrected chi connectivity index (χ0v) is 6.53. The Morgan fingerprint density at radius 2 is 2.45 bits per heavy atom. The molecule has 2 N–H and O–H groups in total. The molecule has 3 nitrogen and oxygen atoms in total. The Hall–Kier alpha value is -0.830. The number of fused-ring (bicyclic) bond motifs is 2. The molecule has 1 saturated carbocycles. The Labute approximate surface area is 65.9 Å². The van der Waals surface area contributed by atoms with Crippen LogP contribution in [0.3, 0.4) is 0 Å². The van der Waals surface area contributed by atoms with Gasteiger partial charge in [-0.15, -0.1) is 0 Å². The highest BCUT2D eigenvalue weighted by molar-refractivity contribution is 5.96. The van der Waals surface area contributed by atoms with E-state index in [1.807, 2.05) is 0 Å². The van der Waals surface area contributed by atoms with Crippen LogP contribution >= 0.6 is 0 Å². The topological polar surface area (TPSA) is 47.6 Å². The van der Waals surface area contributed by atoms with E-state index in [1.165, 1.54) is 0 Å². The van der Waals surface area contributed by atoms with Gasteiger partial charge in [0.15, 0.2) is 0 Å². The molecule has 2 aliphatic rings. The molecule has 0 aliphatic heterocycles. The fourth-order valence-corrected chi connectivity index (χ4v) is 1.91. The summed E-state index contributed by atoms with van der Waals surface area (Å²) in [6.45, 7) is 0. The van der Waals surface area contributed by atoms with Crippen LogP contribution < -0.4 is 5.73 Å². The summed E-state index contributed by atoms with van der Waals surface area (Å²) in [7, 11) is 1.56. The normalized spacial score (nSPS) is 43.8. The Morgan fingerprint density at radius 3 is 3.00 bits per heavy atom. The third-order valence-electron chi connectivity index (χ3n) is 2.50. The molecular formula is C8H12N2O. The van der Waals surface area contributed by atoms with Gasteiger partial charge < -0.3 is 10.6 Å². The van der Waals surface area contributed by atoms with Crippen molar-refractivity contribution < 1.29 is 4.84 Å². The number of allylic oxidation sites excluding steroid dienone is 1. The second-order valence-electron chi connectivity index (χ2n) is 3.12. The molecule has 2 bridgehead atoms. The Kier molecular flexibility index (Phi) is 1.46. The van der Waals surface area contributed by atoms with Crippen LogP contribution in [0.25, 0.3) is 0 Å². The van der Waals surface area contributed by atoms with Gasteiger partial charge in [0.2, 0.25) is 0 Å². The summed E-state index contributed by atoms with van der Waals surface area (Å²) >= 11 is 0. The van der Waals surface area contributed by atoms with Crippen LogP contribution in [0.2, 0.25) is 0 Å². The molecule has 0 amide bonds. The first-order valence-electron chi connectivity index (χ1n) is 3.87. The van der Waals surface area contributed by atoms with Crippen molar-refractivity contribution in [1.29, 1.82) is 0 Å². The van der Waals surface area contributed by atoms with Crippen LogP contribution in [0.15, 0.2) is 17.3 Å². The summed E-state index contributed by atoms with van der Waals surface area (Å²) in [5.74, 6) is 0.962. The van der Waals surface area contributed by atoms with Gasteiger partial charge in [-0.2, -0.15) is 0 Å². The second kappa shape index (κ2) is 2.34. The molecule has 0 saturated heterocycles. The SMILES string of the molecule is CON=C1C2C=CC(C2)C1N. The van der Waals surface area contributed by atoms with Crippen molar-refractivity contribution in [2.45, 2.75) is 12.5 Å². The van der Waals surface area contributed by atoms with Gasteiger partial charge in [0.05, 0.1) is 11.8 Å². The molecule has 0 heterocycles. The lowest BCUT2D eigenvalue weighted by atomic mass is 10.0. The predicted molar refractivity (Wildman–Crippen MR) is 43.2 cm³/mol. The molecular weight excluding hydrogens is 140 g/mol.